The number of imidazole rings is 1. The molecule has 0 aliphatic carbocycles. The maximum Gasteiger partial charge on any atom is 0.256 e. The van der Waals surface area contributed by atoms with Crippen LogP contribution in [-0.4, -0.2) is 4.57 Å². The molecule has 30 heavy (non-hydrogen) atoms. The fraction of sp³-hybridized carbons (Fsp3) is 0.893. The summed E-state index contributed by atoms with van der Waals surface area (Å²) in [5.74, 6) is 1.60. The Balaban J connectivity index is 2.37. The predicted octanol–water partition coefficient (Wildman–Crippen LogP) is 8.79. The average Bonchev–Trinajstić information content (AvgIpc) is 3.14. The first-order valence-corrected chi connectivity index (χ1v) is 13.9. The second kappa shape index (κ2) is 20.1. The Morgan fingerprint density at radius 1 is 0.567 bits per heavy atom. The van der Waals surface area contributed by atoms with Crippen molar-refractivity contribution in [3.05, 3.63) is 18.2 Å². The van der Waals surface area contributed by atoms with Gasteiger partial charge in [0.2, 0.25) is 0 Å². The lowest BCUT2D eigenvalue weighted by molar-refractivity contribution is -0.704. The summed E-state index contributed by atoms with van der Waals surface area (Å²) in [5.41, 5.74) is 0. The zero-order valence-corrected chi connectivity index (χ0v) is 21.1. The SMILES string of the molecule is CCCCCCCCCC[n+]1ccn(CCCCCCCCC)c1CCCCCC. The van der Waals surface area contributed by atoms with Crippen molar-refractivity contribution in [2.75, 3.05) is 0 Å². The van der Waals surface area contributed by atoms with Crippen molar-refractivity contribution in [2.24, 2.45) is 0 Å². The van der Waals surface area contributed by atoms with Gasteiger partial charge in [0, 0.05) is 6.42 Å². The van der Waals surface area contributed by atoms with Gasteiger partial charge in [0.1, 0.15) is 12.4 Å². The van der Waals surface area contributed by atoms with Crippen molar-refractivity contribution in [1.82, 2.24) is 4.57 Å². The van der Waals surface area contributed by atoms with Crippen LogP contribution in [0.15, 0.2) is 12.4 Å². The summed E-state index contributed by atoms with van der Waals surface area (Å²) in [4.78, 5) is 0. The first kappa shape index (κ1) is 27.2. The minimum Gasteiger partial charge on any atom is -0.234 e. The van der Waals surface area contributed by atoms with Gasteiger partial charge in [-0.15, -0.1) is 0 Å². The topological polar surface area (TPSA) is 8.81 Å². The van der Waals surface area contributed by atoms with Crippen molar-refractivity contribution < 1.29 is 4.57 Å². The molecule has 0 spiro atoms. The van der Waals surface area contributed by atoms with Gasteiger partial charge in [0.05, 0.1) is 13.1 Å². The van der Waals surface area contributed by atoms with Gasteiger partial charge in [-0.25, -0.2) is 9.13 Å². The highest BCUT2D eigenvalue weighted by Gasteiger charge is 2.16. The molecule has 1 rings (SSSR count). The zero-order chi connectivity index (χ0) is 21.7. The second-order valence-electron chi connectivity index (χ2n) is 9.51. The molecule has 0 radical (unpaired) electrons. The van der Waals surface area contributed by atoms with Crippen molar-refractivity contribution in [3.8, 4) is 0 Å². The number of aryl methyl sites for hydroxylation is 2. The average molecular weight is 420 g/mol. The first-order chi connectivity index (χ1) is 14.8. The van der Waals surface area contributed by atoms with E-state index in [1.54, 1.807) is 5.82 Å². The molecule has 0 N–H and O–H groups in total. The third-order valence-corrected chi connectivity index (χ3v) is 6.60. The normalized spacial score (nSPS) is 11.4. The van der Waals surface area contributed by atoms with Crippen LogP contribution in [0.5, 0.6) is 0 Å². The van der Waals surface area contributed by atoms with Gasteiger partial charge in [-0.3, -0.25) is 0 Å². The van der Waals surface area contributed by atoms with Crippen LogP contribution in [0, 0.1) is 0 Å². The number of hydrogen-bond donors (Lipinski definition) is 0. The van der Waals surface area contributed by atoms with Gasteiger partial charge < -0.3 is 0 Å². The van der Waals surface area contributed by atoms with Crippen LogP contribution < -0.4 is 4.57 Å². The lowest BCUT2D eigenvalue weighted by Gasteiger charge is -2.07. The monoisotopic (exact) mass is 419 g/mol. The van der Waals surface area contributed by atoms with Gasteiger partial charge in [-0.05, 0) is 32.1 Å². The van der Waals surface area contributed by atoms with Crippen molar-refractivity contribution >= 4 is 0 Å². The van der Waals surface area contributed by atoms with E-state index in [0.717, 1.165) is 0 Å². The molecule has 0 aliphatic rings. The largest absolute Gasteiger partial charge is 0.256 e. The Morgan fingerprint density at radius 2 is 1.03 bits per heavy atom. The molecule has 0 aliphatic heterocycles. The van der Waals surface area contributed by atoms with E-state index in [2.05, 4.69) is 42.3 Å². The summed E-state index contributed by atoms with van der Waals surface area (Å²) in [6.45, 7) is 9.36. The molecule has 176 valence electrons. The Bertz CT molecular complexity index is 477. The van der Waals surface area contributed by atoms with Crippen molar-refractivity contribution in [1.29, 1.82) is 0 Å². The summed E-state index contributed by atoms with van der Waals surface area (Å²) in [6.07, 6.45) is 32.5. The standard InChI is InChI=1S/C28H55N2/c1-4-7-10-13-15-17-19-22-25-30-27-26-29(28(30)23-20-12-9-6-3)24-21-18-16-14-11-8-5-2/h26-27H,4-25H2,1-3H3/q+1. The van der Waals surface area contributed by atoms with Gasteiger partial charge in [-0.1, -0.05) is 111 Å². The summed E-state index contributed by atoms with van der Waals surface area (Å²) in [7, 11) is 0. The molecular formula is C28H55N2+. The van der Waals surface area contributed by atoms with E-state index >= 15 is 0 Å². The molecule has 0 atom stereocenters. The fourth-order valence-corrected chi connectivity index (χ4v) is 4.56. The lowest BCUT2D eigenvalue weighted by atomic mass is 10.1. The summed E-state index contributed by atoms with van der Waals surface area (Å²) in [5, 5.41) is 0. The minimum absolute atomic E-state index is 1.22. The van der Waals surface area contributed by atoms with Crippen LogP contribution in [0.25, 0.3) is 0 Å². The van der Waals surface area contributed by atoms with Crippen LogP contribution in [0.1, 0.15) is 149 Å². The van der Waals surface area contributed by atoms with E-state index in [0.29, 0.717) is 0 Å². The predicted molar refractivity (Wildman–Crippen MR) is 133 cm³/mol. The first-order valence-electron chi connectivity index (χ1n) is 13.9. The summed E-state index contributed by atoms with van der Waals surface area (Å²) >= 11 is 0. The molecule has 2 heteroatoms. The van der Waals surface area contributed by atoms with E-state index in [4.69, 9.17) is 0 Å². The summed E-state index contributed by atoms with van der Waals surface area (Å²) in [6, 6.07) is 0. The Kier molecular flexibility index (Phi) is 18.3. The number of aromatic nitrogens is 2. The molecule has 0 bridgehead atoms. The van der Waals surface area contributed by atoms with E-state index in [1.165, 1.54) is 142 Å². The number of nitrogens with zero attached hydrogens (tertiary/aromatic N) is 2. The Hall–Kier alpha value is -0.790. The molecule has 2 nitrogen and oxygen atoms in total. The number of unbranched alkanes of at least 4 members (excludes halogenated alkanes) is 16. The van der Waals surface area contributed by atoms with E-state index in [9.17, 15) is 0 Å². The van der Waals surface area contributed by atoms with Crippen molar-refractivity contribution in [3.63, 3.8) is 0 Å². The molecule has 0 saturated carbocycles. The maximum absolute atomic E-state index is 2.59. The van der Waals surface area contributed by atoms with Crippen LogP contribution >= 0.6 is 0 Å². The Labute approximate surface area is 189 Å². The fourth-order valence-electron chi connectivity index (χ4n) is 4.56. The quantitative estimate of drug-likeness (QED) is 0.131. The molecule has 1 heterocycles. The number of hydrogen-bond acceptors (Lipinski definition) is 0. The second-order valence-corrected chi connectivity index (χ2v) is 9.51. The van der Waals surface area contributed by atoms with Gasteiger partial charge in [0.15, 0.2) is 0 Å². The molecule has 0 unspecified atom stereocenters. The molecule has 0 fully saturated rings. The third-order valence-electron chi connectivity index (χ3n) is 6.60. The molecule has 0 saturated heterocycles. The molecule has 1 aromatic rings. The molecule has 1 aromatic heterocycles. The highest BCUT2D eigenvalue weighted by Crippen LogP contribution is 2.12. The minimum atomic E-state index is 1.22. The molecule has 0 amide bonds. The van der Waals surface area contributed by atoms with Crippen LogP contribution in [-0.2, 0) is 19.5 Å². The van der Waals surface area contributed by atoms with E-state index in [-0.39, 0.29) is 0 Å². The number of rotatable bonds is 22. The van der Waals surface area contributed by atoms with Gasteiger partial charge >= 0.3 is 0 Å². The van der Waals surface area contributed by atoms with E-state index < -0.39 is 0 Å². The van der Waals surface area contributed by atoms with Gasteiger partial charge in [-0.2, -0.15) is 0 Å². The van der Waals surface area contributed by atoms with Crippen LogP contribution in [0.4, 0.5) is 0 Å². The summed E-state index contributed by atoms with van der Waals surface area (Å²) < 4.78 is 5.17. The Morgan fingerprint density at radius 3 is 1.60 bits per heavy atom. The van der Waals surface area contributed by atoms with Crippen molar-refractivity contribution in [2.45, 2.75) is 162 Å². The highest BCUT2D eigenvalue weighted by molar-refractivity contribution is 4.84. The highest BCUT2D eigenvalue weighted by atomic mass is 15.1. The maximum atomic E-state index is 2.59. The van der Waals surface area contributed by atoms with Crippen LogP contribution in [0.3, 0.4) is 0 Å². The third kappa shape index (κ3) is 13.5. The molecule has 0 aromatic carbocycles. The van der Waals surface area contributed by atoms with Crippen LogP contribution in [0.2, 0.25) is 0 Å². The zero-order valence-electron chi connectivity index (χ0n) is 21.1. The molecular weight excluding hydrogens is 364 g/mol. The lowest BCUT2D eigenvalue weighted by Crippen LogP contribution is -2.37. The van der Waals surface area contributed by atoms with E-state index in [1.807, 2.05) is 0 Å². The smallest absolute Gasteiger partial charge is 0.234 e. The van der Waals surface area contributed by atoms with Gasteiger partial charge in [0.25, 0.3) is 5.82 Å².